The van der Waals surface area contributed by atoms with Gasteiger partial charge in [0.1, 0.15) is 0 Å². The van der Waals surface area contributed by atoms with Gasteiger partial charge in [0.2, 0.25) is 0 Å². The van der Waals surface area contributed by atoms with Crippen molar-refractivity contribution < 1.29 is 4.79 Å². The summed E-state index contributed by atoms with van der Waals surface area (Å²) in [7, 11) is 0. The Hall–Kier alpha value is -2.30. The van der Waals surface area contributed by atoms with Crippen LogP contribution in [0.25, 0.3) is 0 Å². The van der Waals surface area contributed by atoms with Gasteiger partial charge >= 0.3 is 0 Å². The molecule has 0 saturated heterocycles. The van der Waals surface area contributed by atoms with Gasteiger partial charge in [-0.15, -0.1) is 0 Å². The van der Waals surface area contributed by atoms with Crippen molar-refractivity contribution in [2.45, 2.75) is 33.4 Å². The molecule has 112 valence electrons. The second kappa shape index (κ2) is 7.47. The summed E-state index contributed by atoms with van der Waals surface area (Å²) >= 11 is 0. The van der Waals surface area contributed by atoms with Crippen LogP contribution in [0.1, 0.15) is 36.3 Å². The Labute approximate surface area is 125 Å². The van der Waals surface area contributed by atoms with Crippen LogP contribution in [-0.4, -0.2) is 22.0 Å². The standard InChI is InChI=1S/C16H22N4O/c1-3-9-20-12-17-10-15(20)11-19-14-7-5-13(6-8-14)16(21)18-4-2/h5-8,10,12,19H,3-4,9,11H2,1-2H3,(H,18,21). The first-order valence-electron chi connectivity index (χ1n) is 7.35. The summed E-state index contributed by atoms with van der Waals surface area (Å²) in [5, 5.41) is 6.14. The molecule has 2 N–H and O–H groups in total. The van der Waals surface area contributed by atoms with Gasteiger partial charge in [0.05, 0.1) is 18.6 Å². The number of imidazole rings is 1. The molecule has 0 aliphatic rings. The van der Waals surface area contributed by atoms with Gasteiger partial charge in [-0.1, -0.05) is 6.92 Å². The number of hydrogen-bond donors (Lipinski definition) is 2. The fourth-order valence-electron chi connectivity index (χ4n) is 2.13. The normalized spacial score (nSPS) is 10.4. The van der Waals surface area contributed by atoms with E-state index in [2.05, 4.69) is 27.1 Å². The largest absolute Gasteiger partial charge is 0.379 e. The molecule has 2 aromatic rings. The topological polar surface area (TPSA) is 59.0 Å². The Balaban J connectivity index is 1.94. The number of benzene rings is 1. The lowest BCUT2D eigenvalue weighted by Crippen LogP contribution is -2.22. The van der Waals surface area contributed by atoms with Gasteiger partial charge in [-0.25, -0.2) is 4.98 Å². The van der Waals surface area contributed by atoms with E-state index in [0.29, 0.717) is 12.1 Å². The number of rotatable bonds is 7. The molecule has 0 saturated carbocycles. The van der Waals surface area contributed by atoms with Crippen LogP contribution in [0.3, 0.4) is 0 Å². The van der Waals surface area contributed by atoms with Crippen molar-refractivity contribution in [3.05, 3.63) is 48.0 Å². The third-order valence-electron chi connectivity index (χ3n) is 3.22. The van der Waals surface area contributed by atoms with Crippen molar-refractivity contribution in [1.29, 1.82) is 0 Å². The molecule has 5 heteroatoms. The molecule has 5 nitrogen and oxygen atoms in total. The van der Waals surface area contributed by atoms with Gasteiger partial charge in [0.15, 0.2) is 0 Å². The van der Waals surface area contributed by atoms with Crippen LogP contribution < -0.4 is 10.6 Å². The van der Waals surface area contributed by atoms with Crippen LogP contribution in [0.5, 0.6) is 0 Å². The maximum atomic E-state index is 11.7. The monoisotopic (exact) mass is 286 g/mol. The van der Waals surface area contributed by atoms with Gasteiger partial charge in [0.25, 0.3) is 5.91 Å². The Morgan fingerprint density at radius 1 is 1.24 bits per heavy atom. The molecule has 0 atom stereocenters. The predicted octanol–water partition coefficient (Wildman–Crippen LogP) is 2.65. The van der Waals surface area contributed by atoms with E-state index in [1.165, 1.54) is 0 Å². The van der Waals surface area contributed by atoms with E-state index in [-0.39, 0.29) is 5.91 Å². The van der Waals surface area contributed by atoms with E-state index in [9.17, 15) is 4.79 Å². The molecule has 0 spiro atoms. The second-order valence-electron chi connectivity index (χ2n) is 4.87. The molecular weight excluding hydrogens is 264 g/mol. The third kappa shape index (κ3) is 4.08. The molecule has 0 radical (unpaired) electrons. The second-order valence-corrected chi connectivity index (χ2v) is 4.87. The van der Waals surface area contributed by atoms with E-state index in [0.717, 1.165) is 30.9 Å². The van der Waals surface area contributed by atoms with Crippen molar-refractivity contribution >= 4 is 11.6 Å². The molecule has 0 fully saturated rings. The molecule has 0 unspecified atom stereocenters. The molecule has 0 aliphatic carbocycles. The molecule has 1 amide bonds. The maximum Gasteiger partial charge on any atom is 0.251 e. The summed E-state index contributed by atoms with van der Waals surface area (Å²) in [6, 6.07) is 7.50. The quantitative estimate of drug-likeness (QED) is 0.822. The number of aromatic nitrogens is 2. The molecule has 2 rings (SSSR count). The van der Waals surface area contributed by atoms with Gasteiger partial charge in [-0.3, -0.25) is 4.79 Å². The smallest absolute Gasteiger partial charge is 0.251 e. The molecule has 21 heavy (non-hydrogen) atoms. The van der Waals surface area contributed by atoms with E-state index in [4.69, 9.17) is 0 Å². The lowest BCUT2D eigenvalue weighted by molar-refractivity contribution is 0.0956. The summed E-state index contributed by atoms with van der Waals surface area (Å²) < 4.78 is 2.15. The SMILES string of the molecule is CCCn1cncc1CNc1ccc(C(=O)NCC)cc1. The number of aryl methyl sites for hydroxylation is 1. The number of carbonyl (C=O) groups excluding carboxylic acids is 1. The van der Waals surface area contributed by atoms with Gasteiger partial charge in [-0.05, 0) is 37.6 Å². The maximum absolute atomic E-state index is 11.7. The Morgan fingerprint density at radius 3 is 2.67 bits per heavy atom. The number of carbonyl (C=O) groups is 1. The fraction of sp³-hybridized carbons (Fsp3) is 0.375. The lowest BCUT2D eigenvalue weighted by Gasteiger charge is -2.10. The summed E-state index contributed by atoms with van der Waals surface area (Å²) in [4.78, 5) is 15.9. The van der Waals surface area contributed by atoms with E-state index in [1.54, 1.807) is 0 Å². The predicted molar refractivity (Wildman–Crippen MR) is 84.3 cm³/mol. The minimum absolute atomic E-state index is 0.0370. The van der Waals surface area contributed by atoms with Gasteiger partial charge in [0, 0.05) is 30.5 Å². The first-order chi connectivity index (χ1) is 10.2. The van der Waals surface area contributed by atoms with Crippen molar-refractivity contribution in [2.24, 2.45) is 0 Å². The molecule has 1 heterocycles. The van der Waals surface area contributed by atoms with Crippen molar-refractivity contribution in [2.75, 3.05) is 11.9 Å². The minimum Gasteiger partial charge on any atom is -0.379 e. The number of nitrogens with zero attached hydrogens (tertiary/aromatic N) is 2. The number of hydrogen-bond acceptors (Lipinski definition) is 3. The highest BCUT2D eigenvalue weighted by molar-refractivity contribution is 5.94. The first kappa shape index (κ1) is 15.1. The summed E-state index contributed by atoms with van der Waals surface area (Å²) in [6.07, 6.45) is 4.83. The highest BCUT2D eigenvalue weighted by Crippen LogP contribution is 2.11. The summed E-state index contributed by atoms with van der Waals surface area (Å²) in [6.45, 7) is 6.40. The number of anilines is 1. The summed E-state index contributed by atoms with van der Waals surface area (Å²) in [5.74, 6) is -0.0370. The Bertz CT molecular complexity index is 574. The lowest BCUT2D eigenvalue weighted by atomic mass is 10.2. The number of amides is 1. The molecule has 1 aromatic heterocycles. The average molecular weight is 286 g/mol. The minimum atomic E-state index is -0.0370. The van der Waals surface area contributed by atoms with Crippen molar-refractivity contribution in [3.63, 3.8) is 0 Å². The van der Waals surface area contributed by atoms with Crippen LogP contribution in [0.15, 0.2) is 36.8 Å². The highest BCUT2D eigenvalue weighted by Gasteiger charge is 2.04. The third-order valence-corrected chi connectivity index (χ3v) is 3.22. The Kier molecular flexibility index (Phi) is 5.37. The zero-order valence-corrected chi connectivity index (χ0v) is 12.6. The Morgan fingerprint density at radius 2 is 2.00 bits per heavy atom. The van der Waals surface area contributed by atoms with Crippen LogP contribution in [-0.2, 0) is 13.1 Å². The summed E-state index contributed by atoms with van der Waals surface area (Å²) in [5.41, 5.74) is 2.83. The average Bonchev–Trinajstić information content (AvgIpc) is 2.94. The van der Waals surface area contributed by atoms with Crippen molar-refractivity contribution in [3.8, 4) is 0 Å². The van der Waals surface area contributed by atoms with E-state index >= 15 is 0 Å². The molecule has 0 aliphatic heterocycles. The van der Waals surface area contributed by atoms with Crippen LogP contribution >= 0.6 is 0 Å². The molecular formula is C16H22N4O. The highest BCUT2D eigenvalue weighted by atomic mass is 16.1. The van der Waals surface area contributed by atoms with Crippen LogP contribution in [0.2, 0.25) is 0 Å². The zero-order valence-electron chi connectivity index (χ0n) is 12.6. The molecule has 0 bridgehead atoms. The van der Waals surface area contributed by atoms with Crippen molar-refractivity contribution in [1.82, 2.24) is 14.9 Å². The van der Waals surface area contributed by atoms with E-state index in [1.807, 2.05) is 43.7 Å². The number of nitrogens with one attached hydrogen (secondary N) is 2. The van der Waals surface area contributed by atoms with Gasteiger partial charge < -0.3 is 15.2 Å². The molecule has 1 aromatic carbocycles. The van der Waals surface area contributed by atoms with Crippen LogP contribution in [0.4, 0.5) is 5.69 Å². The first-order valence-corrected chi connectivity index (χ1v) is 7.35. The fourth-order valence-corrected chi connectivity index (χ4v) is 2.13. The zero-order chi connectivity index (χ0) is 15.1. The van der Waals surface area contributed by atoms with Gasteiger partial charge in [-0.2, -0.15) is 0 Å². The van der Waals surface area contributed by atoms with Crippen LogP contribution in [0, 0.1) is 0 Å². The van der Waals surface area contributed by atoms with E-state index < -0.39 is 0 Å².